The van der Waals surface area contributed by atoms with Crippen molar-refractivity contribution in [2.75, 3.05) is 13.1 Å². The quantitative estimate of drug-likeness (QED) is 0.809. The topological polar surface area (TPSA) is 85.0 Å². The van der Waals surface area contributed by atoms with Crippen LogP contribution in [-0.4, -0.2) is 41.8 Å². The van der Waals surface area contributed by atoms with E-state index in [1.54, 1.807) is 17.0 Å². The predicted octanol–water partition coefficient (Wildman–Crippen LogP) is 2.07. The molecule has 0 aromatic heterocycles. The number of nitrogens with two attached hydrogens (primary N) is 1. The maximum atomic E-state index is 12.6. The average molecular weight is 355 g/mol. The van der Waals surface area contributed by atoms with Gasteiger partial charge in [0.15, 0.2) is 0 Å². The molecule has 1 aliphatic heterocycles. The van der Waals surface area contributed by atoms with Crippen LogP contribution >= 0.6 is 11.6 Å². The van der Waals surface area contributed by atoms with E-state index in [1.807, 2.05) is 27.7 Å². The van der Waals surface area contributed by atoms with Crippen molar-refractivity contribution in [2.24, 2.45) is 5.73 Å². The second kappa shape index (κ2) is 7.31. The molecule has 1 aromatic carbocycles. The molecule has 0 saturated heterocycles. The maximum absolute atomic E-state index is 12.6. The van der Waals surface area contributed by atoms with Crippen molar-refractivity contribution < 1.29 is 19.2 Å². The van der Waals surface area contributed by atoms with Crippen molar-refractivity contribution in [3.05, 3.63) is 22.7 Å². The first-order valence-corrected chi connectivity index (χ1v) is 8.43. The van der Waals surface area contributed by atoms with Crippen molar-refractivity contribution in [3.8, 4) is 5.75 Å². The molecule has 3 N–H and O–H groups in total. The summed E-state index contributed by atoms with van der Waals surface area (Å²) in [6.45, 7) is 8.57. The summed E-state index contributed by atoms with van der Waals surface area (Å²) >= 11 is 6.20. The predicted molar refractivity (Wildman–Crippen MR) is 94.7 cm³/mol. The van der Waals surface area contributed by atoms with Gasteiger partial charge < -0.3 is 25.0 Å². The molecule has 2 rings (SSSR count). The van der Waals surface area contributed by atoms with Crippen LogP contribution in [0, 0.1) is 0 Å². The Labute approximate surface area is 148 Å². The summed E-state index contributed by atoms with van der Waals surface area (Å²) in [5, 5.41) is 10.6. The summed E-state index contributed by atoms with van der Waals surface area (Å²) < 4.78 is 11.0. The molecule has 6 nitrogen and oxygen atoms in total. The van der Waals surface area contributed by atoms with Crippen LogP contribution < -0.4 is 15.9 Å². The first-order valence-electron chi connectivity index (χ1n) is 8.06. The lowest BCUT2D eigenvalue weighted by Crippen LogP contribution is -2.48. The summed E-state index contributed by atoms with van der Waals surface area (Å²) in [5.74, 6) is 0.244. The number of carbonyl (C=O) groups excluding carboxylic acids is 1. The minimum absolute atomic E-state index is 0.172. The lowest BCUT2D eigenvalue weighted by molar-refractivity contribution is 0.107. The molecule has 0 saturated carbocycles. The fraction of sp³-hybridized carbons (Fsp3) is 0.562. The van der Waals surface area contributed by atoms with Gasteiger partial charge in [-0.05, 0) is 39.3 Å². The zero-order chi connectivity index (χ0) is 18.1. The van der Waals surface area contributed by atoms with Gasteiger partial charge in [-0.2, -0.15) is 0 Å². The molecule has 1 aromatic rings. The van der Waals surface area contributed by atoms with Crippen molar-refractivity contribution in [1.82, 2.24) is 4.90 Å². The first kappa shape index (κ1) is 19.1. The number of rotatable bonds is 4. The zero-order valence-electron chi connectivity index (χ0n) is 14.5. The van der Waals surface area contributed by atoms with Crippen molar-refractivity contribution in [3.63, 3.8) is 0 Å². The highest BCUT2D eigenvalue weighted by Gasteiger charge is 2.40. The van der Waals surface area contributed by atoms with E-state index >= 15 is 0 Å². The molecule has 1 heterocycles. The molecule has 24 heavy (non-hydrogen) atoms. The van der Waals surface area contributed by atoms with Gasteiger partial charge in [-0.3, -0.25) is 0 Å². The molecule has 0 spiro atoms. The number of nitrogens with zero attached hydrogens (tertiary/aromatic N) is 1. The lowest BCUT2D eigenvalue weighted by Gasteiger charge is -2.34. The van der Waals surface area contributed by atoms with Gasteiger partial charge in [0.05, 0.1) is 6.10 Å². The molecule has 1 aliphatic rings. The number of hydrogen-bond donors (Lipinski definition) is 2. The van der Waals surface area contributed by atoms with Gasteiger partial charge in [0.25, 0.3) is 0 Å². The molecule has 1 unspecified atom stereocenters. The third kappa shape index (κ3) is 3.69. The average Bonchev–Trinajstić information content (AvgIpc) is 2.84. The van der Waals surface area contributed by atoms with Crippen molar-refractivity contribution in [2.45, 2.75) is 45.8 Å². The Morgan fingerprint density at radius 3 is 2.71 bits per heavy atom. The molecular weight excluding hydrogens is 330 g/mol. The maximum Gasteiger partial charge on any atom is 0.495 e. The molecule has 0 bridgehead atoms. The van der Waals surface area contributed by atoms with E-state index < -0.39 is 19.3 Å². The second-order valence-corrected chi connectivity index (χ2v) is 7.18. The molecule has 132 valence electrons. The molecule has 0 fully saturated rings. The Morgan fingerprint density at radius 2 is 2.17 bits per heavy atom. The Bertz CT molecular complexity index is 621. The van der Waals surface area contributed by atoms with E-state index in [0.717, 1.165) is 6.42 Å². The molecule has 1 amide bonds. The van der Waals surface area contributed by atoms with Crippen LogP contribution in [0.25, 0.3) is 0 Å². The van der Waals surface area contributed by atoms with Crippen LogP contribution in [0.3, 0.4) is 0 Å². The van der Waals surface area contributed by atoms with Crippen LogP contribution in [0.15, 0.2) is 12.1 Å². The normalized spacial score (nSPS) is 17.0. The van der Waals surface area contributed by atoms with Crippen LogP contribution in [0.5, 0.6) is 5.75 Å². The number of hydrogen-bond acceptors (Lipinski definition) is 5. The SMILES string of the molecule is CCCN(C(=O)Oc1ccc(Cl)c2c1B(O)OC2CN)C(C)(C)C. The minimum Gasteiger partial charge on any atom is -0.423 e. The Balaban J connectivity index is 2.34. The summed E-state index contributed by atoms with van der Waals surface area (Å²) in [4.78, 5) is 14.3. The highest BCUT2D eigenvalue weighted by atomic mass is 35.5. The van der Waals surface area contributed by atoms with Gasteiger partial charge in [-0.25, -0.2) is 4.79 Å². The van der Waals surface area contributed by atoms with Gasteiger partial charge in [-0.1, -0.05) is 18.5 Å². The van der Waals surface area contributed by atoms with E-state index in [2.05, 4.69) is 0 Å². The van der Waals surface area contributed by atoms with Gasteiger partial charge in [0.2, 0.25) is 0 Å². The second-order valence-electron chi connectivity index (χ2n) is 6.78. The van der Waals surface area contributed by atoms with Gasteiger partial charge >= 0.3 is 13.2 Å². The third-order valence-electron chi connectivity index (χ3n) is 3.94. The van der Waals surface area contributed by atoms with E-state index in [9.17, 15) is 9.82 Å². The number of ether oxygens (including phenoxy) is 1. The molecule has 0 aliphatic carbocycles. The summed E-state index contributed by atoms with van der Waals surface area (Å²) in [6.07, 6.45) is -0.181. The Morgan fingerprint density at radius 1 is 1.50 bits per heavy atom. The van der Waals surface area contributed by atoms with Crippen molar-refractivity contribution >= 4 is 30.3 Å². The molecule has 0 radical (unpaired) electrons. The van der Waals surface area contributed by atoms with Crippen LogP contribution in [0.2, 0.25) is 5.02 Å². The number of benzene rings is 1. The highest BCUT2D eigenvalue weighted by Crippen LogP contribution is 2.33. The smallest absolute Gasteiger partial charge is 0.423 e. The number of halogens is 1. The van der Waals surface area contributed by atoms with Crippen molar-refractivity contribution in [1.29, 1.82) is 0 Å². The fourth-order valence-corrected chi connectivity index (χ4v) is 3.09. The van der Waals surface area contributed by atoms with Crippen LogP contribution in [0.4, 0.5) is 4.79 Å². The Kier molecular flexibility index (Phi) is 5.80. The van der Waals surface area contributed by atoms with Gasteiger partial charge in [0.1, 0.15) is 5.75 Å². The first-order chi connectivity index (χ1) is 11.2. The highest BCUT2D eigenvalue weighted by molar-refractivity contribution is 6.63. The Hall–Kier alpha value is -1.28. The fourth-order valence-electron chi connectivity index (χ4n) is 2.80. The standard InChI is InChI=1S/C16H24BClN2O4/c1-5-8-20(16(2,3)4)15(21)23-11-7-6-10(18)13-12(9-19)24-17(22)14(11)13/h6-7,12,22H,5,8-9,19H2,1-4H3. The monoisotopic (exact) mass is 354 g/mol. The van der Waals surface area contributed by atoms with Crippen LogP contribution in [-0.2, 0) is 4.65 Å². The minimum atomic E-state index is -1.22. The summed E-state index contributed by atoms with van der Waals surface area (Å²) in [7, 11) is -1.22. The summed E-state index contributed by atoms with van der Waals surface area (Å²) in [6, 6.07) is 3.19. The van der Waals surface area contributed by atoms with Gasteiger partial charge in [0, 0.05) is 34.7 Å². The largest absolute Gasteiger partial charge is 0.495 e. The number of fused-ring (bicyclic) bond motifs is 1. The van der Waals surface area contributed by atoms with Crippen LogP contribution in [0.1, 0.15) is 45.8 Å². The zero-order valence-corrected chi connectivity index (χ0v) is 15.3. The van der Waals surface area contributed by atoms with E-state index in [4.69, 9.17) is 26.7 Å². The van der Waals surface area contributed by atoms with E-state index in [0.29, 0.717) is 22.6 Å². The van der Waals surface area contributed by atoms with E-state index in [1.165, 1.54) is 0 Å². The third-order valence-corrected chi connectivity index (χ3v) is 4.27. The lowest BCUT2D eigenvalue weighted by atomic mass is 9.78. The van der Waals surface area contributed by atoms with E-state index in [-0.39, 0.29) is 17.8 Å². The summed E-state index contributed by atoms with van der Waals surface area (Å²) in [5.41, 5.74) is 6.24. The molecule has 1 atom stereocenters. The van der Waals surface area contributed by atoms with Gasteiger partial charge in [-0.15, -0.1) is 0 Å². The molecular formula is C16H24BClN2O4. The molecule has 8 heteroatoms. The number of amides is 1. The number of carbonyl (C=O) groups is 1.